The zero-order valence-corrected chi connectivity index (χ0v) is 9.94. The molecule has 1 heterocycles. The molecule has 1 aromatic heterocycles. The lowest BCUT2D eigenvalue weighted by atomic mass is 10.2. The van der Waals surface area contributed by atoms with Crippen molar-refractivity contribution in [1.82, 2.24) is 4.98 Å². The molecule has 0 radical (unpaired) electrons. The molecule has 0 saturated heterocycles. The molecule has 0 unspecified atom stereocenters. The van der Waals surface area contributed by atoms with Crippen LogP contribution in [0.4, 0.5) is 0 Å². The molecule has 0 aliphatic heterocycles. The number of benzene rings is 1. The molecule has 0 spiro atoms. The van der Waals surface area contributed by atoms with E-state index >= 15 is 0 Å². The summed E-state index contributed by atoms with van der Waals surface area (Å²) in [4.78, 5) is 14.8. The fraction of sp³-hybridized carbons (Fsp3) is 0.0769. The Balaban J connectivity index is 2.37. The zero-order chi connectivity index (χ0) is 12.3. The summed E-state index contributed by atoms with van der Waals surface area (Å²) in [5.41, 5.74) is 1.41. The highest BCUT2D eigenvalue weighted by Gasteiger charge is 2.08. The van der Waals surface area contributed by atoms with Crippen LogP contribution in [-0.2, 0) is 0 Å². The second-order valence-corrected chi connectivity index (χ2v) is 3.96. The summed E-state index contributed by atoms with van der Waals surface area (Å²) in [5, 5.41) is 0.484. The third-order valence-electron chi connectivity index (χ3n) is 2.22. The van der Waals surface area contributed by atoms with E-state index in [0.717, 1.165) is 5.56 Å². The van der Waals surface area contributed by atoms with Gasteiger partial charge in [-0.1, -0.05) is 17.7 Å². The van der Waals surface area contributed by atoms with Gasteiger partial charge in [0.25, 0.3) is 0 Å². The van der Waals surface area contributed by atoms with Crippen molar-refractivity contribution in [3.05, 3.63) is 52.7 Å². The molecule has 0 amide bonds. The van der Waals surface area contributed by atoms with Gasteiger partial charge in [-0.05, 0) is 36.8 Å². The lowest BCUT2D eigenvalue weighted by molar-refractivity contribution is 0.112. The van der Waals surface area contributed by atoms with E-state index < -0.39 is 0 Å². The van der Waals surface area contributed by atoms with Gasteiger partial charge >= 0.3 is 0 Å². The maximum atomic E-state index is 10.8. The topological polar surface area (TPSA) is 39.2 Å². The fourth-order valence-electron chi connectivity index (χ4n) is 1.37. The molecule has 0 atom stereocenters. The number of aldehydes is 1. The summed E-state index contributed by atoms with van der Waals surface area (Å²) in [6.45, 7) is 1.93. The van der Waals surface area contributed by atoms with Crippen LogP contribution in [0.5, 0.6) is 11.6 Å². The van der Waals surface area contributed by atoms with Gasteiger partial charge < -0.3 is 4.74 Å². The van der Waals surface area contributed by atoms with Crippen molar-refractivity contribution in [2.24, 2.45) is 0 Å². The van der Waals surface area contributed by atoms with Crippen LogP contribution < -0.4 is 4.74 Å². The first-order chi connectivity index (χ1) is 8.20. The molecular formula is C13H10ClNO2. The molecule has 86 valence electrons. The largest absolute Gasteiger partial charge is 0.437 e. The molecule has 0 fully saturated rings. The van der Waals surface area contributed by atoms with Crippen molar-refractivity contribution in [2.75, 3.05) is 0 Å². The Labute approximate surface area is 104 Å². The predicted octanol–water partition coefficient (Wildman–Crippen LogP) is 3.65. The molecule has 3 nitrogen and oxygen atoms in total. The highest BCUT2D eigenvalue weighted by molar-refractivity contribution is 6.32. The first-order valence-corrected chi connectivity index (χ1v) is 5.42. The molecule has 2 rings (SSSR count). The van der Waals surface area contributed by atoms with Gasteiger partial charge in [-0.25, -0.2) is 4.98 Å². The number of pyridine rings is 1. The van der Waals surface area contributed by atoms with E-state index in [0.29, 0.717) is 22.6 Å². The number of hydrogen-bond donors (Lipinski definition) is 0. The Kier molecular flexibility index (Phi) is 3.40. The molecule has 4 heteroatoms. The van der Waals surface area contributed by atoms with Crippen molar-refractivity contribution in [3.8, 4) is 11.6 Å². The molecular weight excluding hydrogens is 238 g/mol. The molecule has 0 N–H and O–H groups in total. The molecule has 0 aliphatic rings. The van der Waals surface area contributed by atoms with Gasteiger partial charge in [-0.15, -0.1) is 0 Å². The van der Waals surface area contributed by atoms with E-state index in [1.54, 1.807) is 30.5 Å². The Morgan fingerprint density at radius 3 is 2.94 bits per heavy atom. The number of hydrogen-bond acceptors (Lipinski definition) is 3. The lowest BCUT2D eigenvalue weighted by Crippen LogP contribution is -1.94. The van der Waals surface area contributed by atoms with Crippen molar-refractivity contribution in [2.45, 2.75) is 6.92 Å². The third-order valence-corrected chi connectivity index (χ3v) is 2.53. The highest BCUT2D eigenvalue weighted by Crippen LogP contribution is 2.30. The minimum absolute atomic E-state index is 0.259. The second kappa shape index (κ2) is 4.97. The van der Waals surface area contributed by atoms with Crippen LogP contribution in [0, 0.1) is 6.92 Å². The smallest absolute Gasteiger partial charge is 0.229 e. The Morgan fingerprint density at radius 2 is 2.18 bits per heavy atom. The number of carbonyl (C=O) groups excluding carboxylic acids is 1. The van der Waals surface area contributed by atoms with E-state index in [1.807, 2.05) is 13.0 Å². The van der Waals surface area contributed by atoms with Gasteiger partial charge in [0, 0.05) is 6.20 Å². The fourth-order valence-corrected chi connectivity index (χ4v) is 1.53. The van der Waals surface area contributed by atoms with Crippen molar-refractivity contribution < 1.29 is 9.53 Å². The van der Waals surface area contributed by atoms with Gasteiger partial charge in [0.15, 0.2) is 6.29 Å². The summed E-state index contributed by atoms with van der Waals surface area (Å²) < 4.78 is 5.54. The summed E-state index contributed by atoms with van der Waals surface area (Å²) in [6, 6.07) is 8.74. The van der Waals surface area contributed by atoms with Crippen molar-refractivity contribution in [1.29, 1.82) is 0 Å². The summed E-state index contributed by atoms with van der Waals surface area (Å²) >= 11 is 6.00. The highest BCUT2D eigenvalue weighted by atomic mass is 35.5. The van der Waals surface area contributed by atoms with E-state index in [-0.39, 0.29) is 5.88 Å². The Bertz CT molecular complexity index is 555. The van der Waals surface area contributed by atoms with Crippen LogP contribution in [0.1, 0.15) is 15.9 Å². The van der Waals surface area contributed by atoms with Crippen molar-refractivity contribution in [3.63, 3.8) is 0 Å². The van der Waals surface area contributed by atoms with Gasteiger partial charge in [-0.2, -0.15) is 0 Å². The number of rotatable bonds is 3. The number of carbonyl (C=O) groups is 1. The maximum Gasteiger partial charge on any atom is 0.229 e. The number of ether oxygens (including phenoxy) is 1. The average Bonchev–Trinajstić information content (AvgIpc) is 2.34. The summed E-state index contributed by atoms with van der Waals surface area (Å²) in [7, 11) is 0. The second-order valence-electron chi connectivity index (χ2n) is 3.55. The van der Waals surface area contributed by atoms with Crippen LogP contribution >= 0.6 is 11.6 Å². The van der Waals surface area contributed by atoms with Crippen molar-refractivity contribution >= 4 is 17.9 Å². The van der Waals surface area contributed by atoms with Gasteiger partial charge in [-0.3, -0.25) is 4.79 Å². The Morgan fingerprint density at radius 1 is 1.35 bits per heavy atom. The predicted molar refractivity (Wildman–Crippen MR) is 65.9 cm³/mol. The molecule has 0 saturated carbocycles. The minimum atomic E-state index is 0.259. The van der Waals surface area contributed by atoms with E-state index in [2.05, 4.69) is 4.98 Å². The maximum absolute atomic E-state index is 10.8. The van der Waals surface area contributed by atoms with E-state index in [1.165, 1.54) is 0 Å². The van der Waals surface area contributed by atoms with Crippen LogP contribution in [0.3, 0.4) is 0 Å². The first-order valence-electron chi connectivity index (χ1n) is 5.05. The third kappa shape index (κ3) is 2.63. The van der Waals surface area contributed by atoms with Gasteiger partial charge in [0.1, 0.15) is 5.75 Å². The molecule has 0 aliphatic carbocycles. The van der Waals surface area contributed by atoms with Gasteiger partial charge in [0.2, 0.25) is 5.88 Å². The number of halogens is 1. The van der Waals surface area contributed by atoms with Crippen LogP contribution in [0.15, 0.2) is 36.5 Å². The molecule has 1 aromatic carbocycles. The minimum Gasteiger partial charge on any atom is -0.437 e. The summed E-state index contributed by atoms with van der Waals surface area (Å²) in [6.07, 6.45) is 2.26. The monoisotopic (exact) mass is 247 g/mol. The average molecular weight is 248 g/mol. The number of nitrogens with zero attached hydrogens (tertiary/aromatic N) is 1. The summed E-state index contributed by atoms with van der Waals surface area (Å²) in [5.74, 6) is 0.753. The van der Waals surface area contributed by atoms with E-state index in [4.69, 9.17) is 16.3 Å². The van der Waals surface area contributed by atoms with Crippen LogP contribution in [0.2, 0.25) is 5.02 Å². The SMILES string of the molecule is Cc1ccc(Cl)c(Oc2ncccc2C=O)c1. The number of aryl methyl sites for hydroxylation is 1. The standard InChI is InChI=1S/C13H10ClNO2/c1-9-4-5-11(14)12(7-9)17-13-10(8-16)3-2-6-15-13/h2-8H,1H3. The quantitative estimate of drug-likeness (QED) is 0.777. The molecule has 17 heavy (non-hydrogen) atoms. The van der Waals surface area contributed by atoms with E-state index in [9.17, 15) is 4.79 Å². The Hall–Kier alpha value is -1.87. The first kappa shape index (κ1) is 11.6. The molecule has 2 aromatic rings. The van der Waals surface area contributed by atoms with Crippen LogP contribution in [0.25, 0.3) is 0 Å². The normalized spacial score (nSPS) is 10.0. The van der Waals surface area contributed by atoms with Gasteiger partial charge in [0.05, 0.1) is 10.6 Å². The zero-order valence-electron chi connectivity index (χ0n) is 9.18. The lowest BCUT2D eigenvalue weighted by Gasteiger charge is -2.08. The number of aromatic nitrogens is 1. The van der Waals surface area contributed by atoms with Crippen LogP contribution in [-0.4, -0.2) is 11.3 Å². The molecule has 0 bridgehead atoms.